The predicted molar refractivity (Wildman–Crippen MR) is 82.3 cm³/mol. The van der Waals surface area contributed by atoms with Crippen LogP contribution >= 0.6 is 15.9 Å². The Morgan fingerprint density at radius 2 is 2.21 bits per heavy atom. The predicted octanol–water partition coefficient (Wildman–Crippen LogP) is 4.25. The van der Waals surface area contributed by atoms with Gasteiger partial charge in [-0.05, 0) is 51.5 Å². The maximum Gasteiger partial charge on any atom is 0.109 e. The lowest BCUT2D eigenvalue weighted by atomic mass is 10.1. The molecule has 0 amide bonds. The Labute approximate surface area is 120 Å². The Morgan fingerprint density at radius 3 is 3.05 bits per heavy atom. The van der Waals surface area contributed by atoms with Gasteiger partial charge in [0.25, 0.3) is 0 Å². The molecule has 2 aromatic heterocycles. The van der Waals surface area contributed by atoms with Gasteiger partial charge in [0.1, 0.15) is 4.60 Å². The number of hydrogen-bond donors (Lipinski definition) is 2. The van der Waals surface area contributed by atoms with Crippen LogP contribution in [0.5, 0.6) is 0 Å². The molecule has 4 heteroatoms. The Bertz CT molecular complexity index is 718. The summed E-state index contributed by atoms with van der Waals surface area (Å²) in [5, 5.41) is 4.65. The molecule has 19 heavy (non-hydrogen) atoms. The van der Waals surface area contributed by atoms with Gasteiger partial charge in [-0.15, -0.1) is 0 Å². The van der Waals surface area contributed by atoms with Crippen LogP contribution in [0.2, 0.25) is 0 Å². The van der Waals surface area contributed by atoms with Gasteiger partial charge >= 0.3 is 0 Å². The zero-order valence-electron chi connectivity index (χ0n) is 10.6. The number of para-hydroxylation sites is 1. The molecule has 3 nitrogen and oxygen atoms in total. The molecule has 0 saturated carbocycles. The third-order valence-electron chi connectivity index (χ3n) is 3.17. The van der Waals surface area contributed by atoms with E-state index in [0.717, 1.165) is 22.4 Å². The van der Waals surface area contributed by atoms with Crippen molar-refractivity contribution in [3.05, 3.63) is 58.5 Å². The van der Waals surface area contributed by atoms with Crippen molar-refractivity contribution in [1.29, 1.82) is 0 Å². The second-order valence-corrected chi connectivity index (χ2v) is 5.30. The van der Waals surface area contributed by atoms with Crippen molar-refractivity contribution in [2.24, 2.45) is 0 Å². The first-order valence-corrected chi connectivity index (χ1v) is 6.94. The molecule has 0 aliphatic rings. The summed E-state index contributed by atoms with van der Waals surface area (Å²) in [7, 11) is 0. The number of benzene rings is 1. The third kappa shape index (κ3) is 2.49. The number of fused-ring (bicyclic) bond motifs is 1. The summed E-state index contributed by atoms with van der Waals surface area (Å²) in [6, 6.07) is 10.5. The van der Waals surface area contributed by atoms with Crippen LogP contribution in [0.3, 0.4) is 0 Å². The maximum atomic E-state index is 4.29. The Balaban J connectivity index is 1.82. The van der Waals surface area contributed by atoms with Crippen molar-refractivity contribution in [3.8, 4) is 0 Å². The molecule has 3 aromatic rings. The van der Waals surface area contributed by atoms with Crippen LogP contribution in [0.1, 0.15) is 11.1 Å². The molecule has 0 aliphatic heterocycles. The van der Waals surface area contributed by atoms with Gasteiger partial charge in [-0.25, -0.2) is 4.98 Å². The van der Waals surface area contributed by atoms with Crippen LogP contribution in [-0.2, 0) is 6.54 Å². The first-order chi connectivity index (χ1) is 9.24. The molecule has 3 rings (SSSR count). The highest BCUT2D eigenvalue weighted by Crippen LogP contribution is 2.20. The topological polar surface area (TPSA) is 40.7 Å². The van der Waals surface area contributed by atoms with E-state index in [1.807, 2.05) is 19.3 Å². The SMILES string of the molecule is Cc1cc(NCc2cccc3cc[nH]c23)cnc1Br. The average molecular weight is 316 g/mol. The molecule has 2 N–H and O–H groups in total. The van der Waals surface area contributed by atoms with Gasteiger partial charge in [0.05, 0.1) is 17.4 Å². The van der Waals surface area contributed by atoms with Crippen molar-refractivity contribution in [2.75, 3.05) is 5.32 Å². The van der Waals surface area contributed by atoms with Crippen LogP contribution in [0.4, 0.5) is 5.69 Å². The van der Waals surface area contributed by atoms with Crippen molar-refractivity contribution in [2.45, 2.75) is 13.5 Å². The van der Waals surface area contributed by atoms with Gasteiger partial charge < -0.3 is 10.3 Å². The molecule has 0 radical (unpaired) electrons. The van der Waals surface area contributed by atoms with Crippen LogP contribution in [0.15, 0.2) is 47.3 Å². The molecule has 0 unspecified atom stereocenters. The Kier molecular flexibility index (Phi) is 3.25. The molecule has 0 atom stereocenters. The standard InChI is InChI=1S/C15H14BrN3/c1-10-7-13(9-19-15(10)16)18-8-12-4-2-3-11-5-6-17-14(11)12/h2-7,9,17-18H,8H2,1H3. The summed E-state index contributed by atoms with van der Waals surface area (Å²) in [6.45, 7) is 2.81. The number of nitrogens with zero attached hydrogens (tertiary/aromatic N) is 1. The quantitative estimate of drug-likeness (QED) is 0.709. The first-order valence-electron chi connectivity index (χ1n) is 6.15. The van der Waals surface area contributed by atoms with Crippen molar-refractivity contribution in [1.82, 2.24) is 9.97 Å². The van der Waals surface area contributed by atoms with Crippen LogP contribution < -0.4 is 5.32 Å². The van der Waals surface area contributed by atoms with E-state index in [4.69, 9.17) is 0 Å². The lowest BCUT2D eigenvalue weighted by molar-refractivity contribution is 1.13. The summed E-state index contributed by atoms with van der Waals surface area (Å²) in [5.74, 6) is 0. The highest BCUT2D eigenvalue weighted by atomic mass is 79.9. The van der Waals surface area contributed by atoms with E-state index in [1.165, 1.54) is 16.5 Å². The summed E-state index contributed by atoms with van der Waals surface area (Å²) in [4.78, 5) is 7.57. The molecule has 0 bridgehead atoms. The van der Waals surface area contributed by atoms with E-state index >= 15 is 0 Å². The van der Waals surface area contributed by atoms with E-state index in [9.17, 15) is 0 Å². The molecule has 96 valence electrons. The van der Waals surface area contributed by atoms with Crippen LogP contribution in [0.25, 0.3) is 10.9 Å². The van der Waals surface area contributed by atoms with Crippen molar-refractivity contribution in [3.63, 3.8) is 0 Å². The van der Waals surface area contributed by atoms with Gasteiger partial charge in [0.2, 0.25) is 0 Å². The lowest BCUT2D eigenvalue weighted by Gasteiger charge is -2.08. The highest BCUT2D eigenvalue weighted by molar-refractivity contribution is 9.10. The van der Waals surface area contributed by atoms with Crippen molar-refractivity contribution >= 4 is 32.5 Å². The number of rotatable bonds is 3. The van der Waals surface area contributed by atoms with E-state index in [1.54, 1.807) is 0 Å². The summed E-state index contributed by atoms with van der Waals surface area (Å²) < 4.78 is 0.893. The lowest BCUT2D eigenvalue weighted by Crippen LogP contribution is -2.01. The molecular formula is C15H14BrN3. The Morgan fingerprint density at radius 1 is 1.32 bits per heavy atom. The minimum atomic E-state index is 0.778. The number of hydrogen-bond acceptors (Lipinski definition) is 2. The molecular weight excluding hydrogens is 302 g/mol. The van der Waals surface area contributed by atoms with Gasteiger partial charge in [-0.1, -0.05) is 18.2 Å². The van der Waals surface area contributed by atoms with E-state index < -0.39 is 0 Å². The molecule has 0 spiro atoms. The second-order valence-electron chi connectivity index (χ2n) is 4.54. The maximum absolute atomic E-state index is 4.29. The molecule has 1 aromatic carbocycles. The molecule has 0 fully saturated rings. The number of nitrogens with one attached hydrogen (secondary N) is 2. The fourth-order valence-electron chi connectivity index (χ4n) is 2.15. The smallest absolute Gasteiger partial charge is 0.109 e. The third-order valence-corrected chi connectivity index (χ3v) is 4.00. The van der Waals surface area contributed by atoms with Gasteiger partial charge in [-0.3, -0.25) is 0 Å². The zero-order chi connectivity index (χ0) is 13.2. The fraction of sp³-hybridized carbons (Fsp3) is 0.133. The zero-order valence-corrected chi connectivity index (χ0v) is 12.2. The number of aryl methyl sites for hydroxylation is 1. The minimum Gasteiger partial charge on any atom is -0.380 e. The first kappa shape index (κ1) is 12.2. The van der Waals surface area contributed by atoms with Crippen molar-refractivity contribution < 1.29 is 0 Å². The molecule has 0 aliphatic carbocycles. The fourth-order valence-corrected chi connectivity index (χ4v) is 2.37. The van der Waals surface area contributed by atoms with Crippen LogP contribution in [-0.4, -0.2) is 9.97 Å². The minimum absolute atomic E-state index is 0.778. The summed E-state index contributed by atoms with van der Waals surface area (Å²) in [6.07, 6.45) is 3.81. The largest absolute Gasteiger partial charge is 0.380 e. The number of anilines is 1. The van der Waals surface area contributed by atoms with Gasteiger partial charge in [-0.2, -0.15) is 0 Å². The number of aromatic nitrogens is 2. The van der Waals surface area contributed by atoms with Gasteiger partial charge in [0.15, 0.2) is 0 Å². The average Bonchev–Trinajstić information content (AvgIpc) is 2.89. The second kappa shape index (κ2) is 5.05. The van der Waals surface area contributed by atoms with Crippen LogP contribution in [0, 0.1) is 6.92 Å². The number of H-pyrrole nitrogens is 1. The summed E-state index contributed by atoms with van der Waals surface area (Å²) >= 11 is 3.41. The van der Waals surface area contributed by atoms with Gasteiger partial charge in [0, 0.05) is 12.7 Å². The highest BCUT2D eigenvalue weighted by Gasteiger charge is 2.03. The molecule has 2 heterocycles. The normalized spacial score (nSPS) is 10.8. The number of halogens is 1. The monoisotopic (exact) mass is 315 g/mol. The van der Waals surface area contributed by atoms with E-state index in [2.05, 4.69) is 61.5 Å². The molecule has 0 saturated heterocycles. The Hall–Kier alpha value is -1.81. The number of aromatic amines is 1. The summed E-state index contributed by atoms with van der Waals surface area (Å²) in [5.41, 5.74) is 4.60. The van der Waals surface area contributed by atoms with E-state index in [-0.39, 0.29) is 0 Å². The van der Waals surface area contributed by atoms with E-state index in [0.29, 0.717) is 0 Å². The number of pyridine rings is 1.